The molecule has 1 fully saturated rings. The zero-order valence-electron chi connectivity index (χ0n) is 10.6. The Labute approximate surface area is 108 Å². The van der Waals surface area contributed by atoms with Crippen LogP contribution in [-0.4, -0.2) is 11.8 Å². The zero-order valence-corrected chi connectivity index (χ0v) is 10.6. The summed E-state index contributed by atoms with van der Waals surface area (Å²) in [5.41, 5.74) is 2.34. The van der Waals surface area contributed by atoms with Crippen LogP contribution in [0.5, 0.6) is 0 Å². The summed E-state index contributed by atoms with van der Waals surface area (Å²) in [7, 11) is 0. The van der Waals surface area contributed by atoms with E-state index in [-0.39, 0.29) is 5.72 Å². The first kappa shape index (κ1) is 10.6. The summed E-state index contributed by atoms with van der Waals surface area (Å²) in [6.45, 7) is 0. The molecule has 1 aromatic carbocycles. The molecule has 0 aromatic heterocycles. The SMILES string of the molecule is C1=CC2(Cc3ccccc3N2)O[C@@H]2CCCCC12. The van der Waals surface area contributed by atoms with Crippen LogP contribution in [0.25, 0.3) is 0 Å². The molecule has 2 heteroatoms. The molecule has 2 heterocycles. The van der Waals surface area contributed by atoms with E-state index in [1.54, 1.807) is 0 Å². The Morgan fingerprint density at radius 2 is 2.06 bits per heavy atom. The molecule has 0 saturated heterocycles. The van der Waals surface area contributed by atoms with Crippen LogP contribution in [-0.2, 0) is 11.2 Å². The van der Waals surface area contributed by atoms with Crippen molar-refractivity contribution >= 4 is 5.69 Å². The van der Waals surface area contributed by atoms with Crippen LogP contribution in [0.15, 0.2) is 36.4 Å². The Morgan fingerprint density at radius 3 is 3.00 bits per heavy atom. The van der Waals surface area contributed by atoms with Gasteiger partial charge in [-0.05, 0) is 30.5 Å². The quantitative estimate of drug-likeness (QED) is 0.702. The van der Waals surface area contributed by atoms with E-state index in [4.69, 9.17) is 4.74 Å². The van der Waals surface area contributed by atoms with Crippen molar-refractivity contribution in [3.05, 3.63) is 42.0 Å². The molecule has 1 N–H and O–H groups in total. The monoisotopic (exact) mass is 241 g/mol. The van der Waals surface area contributed by atoms with Gasteiger partial charge in [-0.1, -0.05) is 37.1 Å². The standard InChI is InChI=1S/C16H19NO/c1-3-7-14-13(6-1)11-16(17-14)10-9-12-5-2-4-8-15(12)18-16/h1,3,6-7,9-10,12,15,17H,2,4-5,8,11H2/t12?,15-,16?/m1/s1. The van der Waals surface area contributed by atoms with Gasteiger partial charge in [0.2, 0.25) is 0 Å². The minimum atomic E-state index is -0.262. The number of fused-ring (bicyclic) bond motifs is 2. The third-order valence-corrected chi connectivity index (χ3v) is 4.54. The summed E-state index contributed by atoms with van der Waals surface area (Å²) >= 11 is 0. The minimum Gasteiger partial charge on any atom is -0.354 e. The third kappa shape index (κ3) is 1.59. The highest BCUT2D eigenvalue weighted by atomic mass is 16.5. The molecule has 1 aromatic rings. The van der Waals surface area contributed by atoms with Gasteiger partial charge in [0, 0.05) is 18.0 Å². The molecular formula is C16H19NO. The van der Waals surface area contributed by atoms with Crippen LogP contribution in [0.3, 0.4) is 0 Å². The Bertz CT molecular complexity index is 469. The number of nitrogens with one attached hydrogen (secondary N) is 1. The van der Waals surface area contributed by atoms with E-state index in [1.165, 1.54) is 36.9 Å². The number of rotatable bonds is 0. The summed E-state index contributed by atoms with van der Waals surface area (Å²) in [6.07, 6.45) is 11.2. The molecule has 3 atom stereocenters. The predicted octanol–water partition coefficient (Wildman–Crippen LogP) is 3.50. The van der Waals surface area contributed by atoms with Crippen molar-refractivity contribution < 1.29 is 4.74 Å². The molecule has 0 bridgehead atoms. The molecule has 0 amide bonds. The molecule has 1 aliphatic carbocycles. The fraction of sp³-hybridized carbons (Fsp3) is 0.500. The van der Waals surface area contributed by atoms with Crippen molar-refractivity contribution in [2.75, 3.05) is 5.32 Å². The van der Waals surface area contributed by atoms with Gasteiger partial charge in [0.05, 0.1) is 6.10 Å². The number of benzene rings is 1. The van der Waals surface area contributed by atoms with E-state index in [0.29, 0.717) is 12.0 Å². The average molecular weight is 241 g/mol. The largest absolute Gasteiger partial charge is 0.354 e. The number of para-hydroxylation sites is 1. The van der Waals surface area contributed by atoms with Crippen molar-refractivity contribution in [3.8, 4) is 0 Å². The maximum atomic E-state index is 6.42. The maximum absolute atomic E-state index is 6.42. The van der Waals surface area contributed by atoms with Gasteiger partial charge in [-0.3, -0.25) is 0 Å². The van der Waals surface area contributed by atoms with Gasteiger partial charge in [-0.15, -0.1) is 0 Å². The lowest BCUT2D eigenvalue weighted by atomic mass is 9.83. The first-order valence-electron chi connectivity index (χ1n) is 7.08. The zero-order chi connectivity index (χ0) is 12.0. The summed E-state index contributed by atoms with van der Waals surface area (Å²) in [6, 6.07) is 8.53. The summed E-state index contributed by atoms with van der Waals surface area (Å²) in [5, 5.41) is 3.57. The van der Waals surface area contributed by atoms with Crippen molar-refractivity contribution in [3.63, 3.8) is 0 Å². The lowest BCUT2D eigenvalue weighted by Crippen LogP contribution is -2.46. The highest BCUT2D eigenvalue weighted by molar-refractivity contribution is 5.59. The van der Waals surface area contributed by atoms with Crippen LogP contribution in [0, 0.1) is 5.92 Å². The lowest BCUT2D eigenvalue weighted by Gasteiger charge is -2.41. The normalized spacial score (nSPS) is 37.1. The topological polar surface area (TPSA) is 21.3 Å². The molecule has 2 aliphatic heterocycles. The molecule has 2 nitrogen and oxygen atoms in total. The van der Waals surface area contributed by atoms with Crippen molar-refractivity contribution in [2.45, 2.75) is 43.9 Å². The number of hydrogen-bond donors (Lipinski definition) is 1. The first-order chi connectivity index (χ1) is 8.85. The third-order valence-electron chi connectivity index (χ3n) is 4.54. The number of anilines is 1. The Kier molecular flexibility index (Phi) is 2.28. The van der Waals surface area contributed by atoms with Gasteiger partial charge in [0.15, 0.2) is 5.72 Å². The minimum absolute atomic E-state index is 0.262. The molecule has 1 saturated carbocycles. The van der Waals surface area contributed by atoms with E-state index in [1.807, 2.05) is 0 Å². The Hall–Kier alpha value is -1.28. The number of hydrogen-bond acceptors (Lipinski definition) is 2. The highest BCUT2D eigenvalue weighted by Gasteiger charge is 2.42. The second kappa shape index (κ2) is 3.86. The molecule has 1 spiro atoms. The molecule has 3 aliphatic rings. The smallest absolute Gasteiger partial charge is 0.162 e. The molecule has 18 heavy (non-hydrogen) atoms. The van der Waals surface area contributed by atoms with E-state index in [2.05, 4.69) is 41.7 Å². The van der Waals surface area contributed by atoms with Gasteiger partial charge < -0.3 is 10.1 Å². The van der Waals surface area contributed by atoms with Crippen LogP contribution >= 0.6 is 0 Å². The van der Waals surface area contributed by atoms with Crippen LogP contribution in [0.1, 0.15) is 31.2 Å². The first-order valence-corrected chi connectivity index (χ1v) is 7.08. The maximum Gasteiger partial charge on any atom is 0.162 e. The lowest BCUT2D eigenvalue weighted by molar-refractivity contribution is -0.0850. The van der Waals surface area contributed by atoms with Gasteiger partial charge in [-0.25, -0.2) is 0 Å². The summed E-state index contributed by atoms with van der Waals surface area (Å²) < 4.78 is 6.42. The summed E-state index contributed by atoms with van der Waals surface area (Å²) in [5.74, 6) is 0.648. The molecule has 2 unspecified atom stereocenters. The molecule has 4 rings (SSSR count). The Balaban J connectivity index is 1.64. The van der Waals surface area contributed by atoms with Gasteiger partial charge in [0.25, 0.3) is 0 Å². The van der Waals surface area contributed by atoms with E-state index >= 15 is 0 Å². The fourth-order valence-electron chi connectivity index (χ4n) is 3.60. The van der Waals surface area contributed by atoms with Crippen molar-refractivity contribution in [1.29, 1.82) is 0 Å². The van der Waals surface area contributed by atoms with Crippen LogP contribution < -0.4 is 5.32 Å². The fourth-order valence-corrected chi connectivity index (χ4v) is 3.60. The molecular weight excluding hydrogens is 222 g/mol. The second-order valence-electron chi connectivity index (χ2n) is 5.81. The van der Waals surface area contributed by atoms with Crippen LogP contribution in [0.4, 0.5) is 5.69 Å². The van der Waals surface area contributed by atoms with Gasteiger partial charge in [0.1, 0.15) is 0 Å². The highest BCUT2D eigenvalue weighted by Crippen LogP contribution is 2.41. The predicted molar refractivity (Wildman–Crippen MR) is 72.5 cm³/mol. The molecule has 94 valence electrons. The van der Waals surface area contributed by atoms with E-state index in [9.17, 15) is 0 Å². The van der Waals surface area contributed by atoms with E-state index < -0.39 is 0 Å². The van der Waals surface area contributed by atoms with Crippen molar-refractivity contribution in [2.24, 2.45) is 5.92 Å². The molecule has 0 radical (unpaired) electrons. The number of ether oxygens (including phenoxy) is 1. The van der Waals surface area contributed by atoms with Gasteiger partial charge >= 0.3 is 0 Å². The average Bonchev–Trinajstić information content (AvgIpc) is 2.76. The van der Waals surface area contributed by atoms with Crippen molar-refractivity contribution in [1.82, 2.24) is 0 Å². The van der Waals surface area contributed by atoms with E-state index in [0.717, 1.165) is 6.42 Å². The van der Waals surface area contributed by atoms with Gasteiger partial charge in [-0.2, -0.15) is 0 Å². The van der Waals surface area contributed by atoms with Crippen LogP contribution in [0.2, 0.25) is 0 Å². The summed E-state index contributed by atoms with van der Waals surface area (Å²) in [4.78, 5) is 0. The Morgan fingerprint density at radius 1 is 1.17 bits per heavy atom. The second-order valence-corrected chi connectivity index (χ2v) is 5.81.